The summed E-state index contributed by atoms with van der Waals surface area (Å²) >= 11 is 0. The van der Waals surface area contributed by atoms with Gasteiger partial charge in [-0.3, -0.25) is 4.90 Å². The number of hydrogen-bond acceptors (Lipinski definition) is 3. The van der Waals surface area contributed by atoms with E-state index in [2.05, 4.69) is 39.8 Å². The summed E-state index contributed by atoms with van der Waals surface area (Å²) in [6.45, 7) is 3.97. The Kier molecular flexibility index (Phi) is 5.15. The van der Waals surface area contributed by atoms with Crippen LogP contribution in [0.4, 0.5) is 4.79 Å². The summed E-state index contributed by atoms with van der Waals surface area (Å²) < 4.78 is 5.16. The first-order chi connectivity index (χ1) is 14.6. The van der Waals surface area contributed by atoms with Crippen molar-refractivity contribution in [1.82, 2.24) is 15.5 Å². The monoisotopic (exact) mass is 405 g/mol. The average molecular weight is 406 g/mol. The van der Waals surface area contributed by atoms with Gasteiger partial charge in [-0.1, -0.05) is 36.4 Å². The Morgan fingerprint density at radius 2 is 1.70 bits per heavy atom. The van der Waals surface area contributed by atoms with Crippen LogP contribution in [0.25, 0.3) is 0 Å². The van der Waals surface area contributed by atoms with Gasteiger partial charge in [0.15, 0.2) is 0 Å². The maximum atomic E-state index is 12.2. The molecular weight excluding hydrogens is 374 g/mol. The number of carbonyl (C=O) groups excluding carboxylic acids is 1. The molecule has 0 aromatic heterocycles. The van der Waals surface area contributed by atoms with Gasteiger partial charge in [0.1, 0.15) is 5.75 Å². The molecule has 158 valence electrons. The fraction of sp³-hybridized carbons (Fsp3) is 0.480. The summed E-state index contributed by atoms with van der Waals surface area (Å²) in [6, 6.07) is 16.9. The first-order valence-corrected chi connectivity index (χ1v) is 11.1. The Morgan fingerprint density at radius 3 is 2.33 bits per heavy atom. The molecule has 5 nitrogen and oxygen atoms in total. The van der Waals surface area contributed by atoms with Crippen LogP contribution in [0, 0.1) is 11.3 Å². The third-order valence-corrected chi connectivity index (χ3v) is 7.17. The zero-order chi connectivity index (χ0) is 20.6. The highest BCUT2D eigenvalue weighted by atomic mass is 16.5. The second-order valence-electron chi connectivity index (χ2n) is 9.49. The van der Waals surface area contributed by atoms with Gasteiger partial charge >= 0.3 is 6.03 Å². The summed E-state index contributed by atoms with van der Waals surface area (Å²) in [4.78, 5) is 14.8. The zero-order valence-corrected chi connectivity index (χ0v) is 17.7. The number of fused-ring (bicyclic) bond motifs is 1. The molecule has 2 amide bonds. The molecule has 2 aromatic rings. The van der Waals surface area contributed by atoms with E-state index in [-0.39, 0.29) is 6.03 Å². The minimum atomic E-state index is -0.0589. The summed E-state index contributed by atoms with van der Waals surface area (Å²) in [5.41, 5.74) is 4.58. The van der Waals surface area contributed by atoms with Crippen LogP contribution in [0.5, 0.6) is 5.75 Å². The Hall–Kier alpha value is -2.53. The van der Waals surface area contributed by atoms with Crippen LogP contribution in [-0.2, 0) is 19.6 Å². The summed E-state index contributed by atoms with van der Waals surface area (Å²) in [5, 5.41) is 6.11. The smallest absolute Gasteiger partial charge is 0.315 e. The van der Waals surface area contributed by atoms with Crippen LogP contribution in [0.2, 0.25) is 0 Å². The van der Waals surface area contributed by atoms with Crippen LogP contribution in [-0.4, -0.2) is 30.6 Å². The molecule has 0 unspecified atom stereocenters. The predicted octanol–water partition coefficient (Wildman–Crippen LogP) is 4.07. The SMILES string of the molecule is COc1ccc(CNC(=O)NC2CC3(CC(CN4Cc5ccccc5C4)C3)C2)cc1. The molecule has 2 aliphatic carbocycles. The van der Waals surface area contributed by atoms with Gasteiger partial charge in [0.05, 0.1) is 7.11 Å². The van der Waals surface area contributed by atoms with Crippen molar-refractivity contribution in [1.29, 1.82) is 0 Å². The number of amides is 2. The predicted molar refractivity (Wildman–Crippen MR) is 117 cm³/mol. The largest absolute Gasteiger partial charge is 0.497 e. The van der Waals surface area contributed by atoms with Gasteiger partial charge in [-0.15, -0.1) is 0 Å². The van der Waals surface area contributed by atoms with Crippen molar-refractivity contribution in [2.75, 3.05) is 13.7 Å². The van der Waals surface area contributed by atoms with Crippen molar-refractivity contribution in [2.45, 2.75) is 51.4 Å². The van der Waals surface area contributed by atoms with Crippen LogP contribution < -0.4 is 15.4 Å². The van der Waals surface area contributed by atoms with E-state index in [1.165, 1.54) is 30.5 Å². The highest BCUT2D eigenvalue weighted by molar-refractivity contribution is 5.74. The lowest BCUT2D eigenvalue weighted by Crippen LogP contribution is -2.58. The van der Waals surface area contributed by atoms with Gasteiger partial charge in [-0.05, 0) is 65.8 Å². The van der Waals surface area contributed by atoms with Gasteiger partial charge < -0.3 is 15.4 Å². The van der Waals surface area contributed by atoms with E-state index in [4.69, 9.17) is 4.74 Å². The molecule has 2 fully saturated rings. The number of benzene rings is 2. The molecule has 0 radical (unpaired) electrons. The Bertz CT molecular complexity index is 872. The molecule has 1 heterocycles. The van der Waals surface area contributed by atoms with E-state index < -0.39 is 0 Å². The first-order valence-electron chi connectivity index (χ1n) is 11.1. The Balaban J connectivity index is 0.990. The highest BCUT2D eigenvalue weighted by Gasteiger charge is 2.53. The molecule has 2 aromatic carbocycles. The average Bonchev–Trinajstić information content (AvgIpc) is 3.12. The lowest BCUT2D eigenvalue weighted by atomic mass is 9.50. The summed E-state index contributed by atoms with van der Waals surface area (Å²) in [6.07, 6.45) is 4.93. The summed E-state index contributed by atoms with van der Waals surface area (Å²) in [7, 11) is 1.65. The van der Waals surface area contributed by atoms with Crippen molar-refractivity contribution in [3.05, 3.63) is 65.2 Å². The number of methoxy groups -OCH3 is 1. The number of nitrogens with one attached hydrogen (secondary N) is 2. The van der Waals surface area contributed by atoms with Gasteiger partial charge in [0.25, 0.3) is 0 Å². The number of rotatable bonds is 6. The van der Waals surface area contributed by atoms with E-state index in [0.717, 1.165) is 43.2 Å². The second-order valence-corrected chi connectivity index (χ2v) is 9.49. The van der Waals surface area contributed by atoms with E-state index >= 15 is 0 Å². The van der Waals surface area contributed by atoms with E-state index in [0.29, 0.717) is 18.0 Å². The lowest BCUT2D eigenvalue weighted by molar-refractivity contribution is -0.0570. The minimum absolute atomic E-state index is 0.0589. The molecule has 1 aliphatic heterocycles. The Morgan fingerprint density at radius 1 is 1.03 bits per heavy atom. The number of urea groups is 1. The van der Waals surface area contributed by atoms with Crippen LogP contribution >= 0.6 is 0 Å². The Labute approximate surface area is 178 Å². The van der Waals surface area contributed by atoms with Crippen molar-refractivity contribution >= 4 is 6.03 Å². The van der Waals surface area contributed by atoms with Crippen LogP contribution in [0.15, 0.2) is 48.5 Å². The second kappa shape index (κ2) is 7.95. The molecule has 2 N–H and O–H groups in total. The lowest BCUT2D eigenvalue weighted by Gasteiger charge is -2.58. The van der Waals surface area contributed by atoms with Gasteiger partial charge in [0.2, 0.25) is 0 Å². The van der Waals surface area contributed by atoms with E-state index in [1.807, 2.05) is 24.3 Å². The molecule has 1 spiro atoms. The maximum Gasteiger partial charge on any atom is 0.315 e. The topological polar surface area (TPSA) is 53.6 Å². The third-order valence-electron chi connectivity index (χ3n) is 7.17. The number of nitrogens with zero attached hydrogens (tertiary/aromatic N) is 1. The van der Waals surface area contributed by atoms with Crippen molar-refractivity contribution < 1.29 is 9.53 Å². The number of carbonyl (C=O) groups is 1. The molecule has 5 heteroatoms. The number of ether oxygens (including phenoxy) is 1. The van der Waals surface area contributed by atoms with E-state index in [1.54, 1.807) is 7.11 Å². The minimum Gasteiger partial charge on any atom is -0.497 e. The fourth-order valence-corrected chi connectivity index (χ4v) is 5.78. The quantitative estimate of drug-likeness (QED) is 0.762. The number of hydrogen-bond donors (Lipinski definition) is 2. The van der Waals surface area contributed by atoms with Crippen LogP contribution in [0.1, 0.15) is 42.4 Å². The fourth-order valence-electron chi connectivity index (χ4n) is 5.78. The van der Waals surface area contributed by atoms with Gasteiger partial charge in [-0.2, -0.15) is 0 Å². The summed E-state index contributed by atoms with van der Waals surface area (Å²) in [5.74, 6) is 1.65. The normalized spacial score (nSPS) is 27.1. The third kappa shape index (κ3) is 4.04. The zero-order valence-electron chi connectivity index (χ0n) is 17.7. The van der Waals surface area contributed by atoms with Gasteiger partial charge in [-0.25, -0.2) is 4.79 Å². The van der Waals surface area contributed by atoms with Crippen molar-refractivity contribution in [3.8, 4) is 5.75 Å². The molecule has 0 bridgehead atoms. The maximum absolute atomic E-state index is 12.2. The van der Waals surface area contributed by atoms with Crippen molar-refractivity contribution in [3.63, 3.8) is 0 Å². The molecule has 30 heavy (non-hydrogen) atoms. The molecule has 3 aliphatic rings. The van der Waals surface area contributed by atoms with Crippen molar-refractivity contribution in [2.24, 2.45) is 11.3 Å². The molecule has 0 atom stereocenters. The molecule has 0 saturated heterocycles. The molecule has 5 rings (SSSR count). The molecular formula is C25H31N3O2. The van der Waals surface area contributed by atoms with Gasteiger partial charge in [0, 0.05) is 32.2 Å². The first kappa shape index (κ1) is 19.4. The van der Waals surface area contributed by atoms with Crippen LogP contribution in [0.3, 0.4) is 0 Å². The molecule has 2 saturated carbocycles. The van der Waals surface area contributed by atoms with E-state index in [9.17, 15) is 4.79 Å². The standard InChI is InChI=1S/C25H31N3O2/c1-30-23-8-6-18(7-9-23)14-26-24(29)27-22-12-25(13-22)10-19(11-25)15-28-16-20-4-2-3-5-21(20)17-28/h2-9,19,22H,10-17H2,1H3,(H2,26,27,29). The highest BCUT2D eigenvalue weighted by Crippen LogP contribution is 2.59.